The van der Waals surface area contributed by atoms with Gasteiger partial charge >= 0.3 is 0 Å². The Morgan fingerprint density at radius 2 is 1.68 bits per heavy atom. The first kappa shape index (κ1) is 23.2. The zero-order valence-corrected chi connectivity index (χ0v) is 21.7. The second kappa shape index (κ2) is 8.81. The van der Waals surface area contributed by atoms with Gasteiger partial charge < -0.3 is 19.5 Å². The van der Waals surface area contributed by atoms with Crippen LogP contribution >= 0.6 is 0 Å². The van der Waals surface area contributed by atoms with Crippen molar-refractivity contribution in [2.75, 3.05) is 24.6 Å². The van der Waals surface area contributed by atoms with Crippen molar-refractivity contribution in [1.82, 2.24) is 15.5 Å². The number of piperidine rings is 1. The SMILES string of the molecule is Cc1nc(-c2ccc(-c3ccc(C(=O)N4c5cc6c(cc5CC4C)OCC64CCNCC4)cc3)cc2)no1. The first-order valence-corrected chi connectivity index (χ1v) is 13.4. The molecule has 3 aliphatic heterocycles. The minimum absolute atomic E-state index is 0.0452. The molecular formula is C31H30N4O3. The van der Waals surface area contributed by atoms with E-state index in [-0.39, 0.29) is 17.4 Å². The molecule has 7 rings (SSSR count). The standard InChI is InChI=1S/C31H30N4O3/c1-19-15-25-16-28-26(31(18-37-28)11-13-32-14-12-31)17-27(25)35(19)30(36)24-9-5-22(6-10-24)21-3-7-23(8-4-21)29-33-20(2)38-34-29/h3-10,16-17,19,32H,11-15,18H2,1-2H3. The molecule has 1 unspecified atom stereocenters. The van der Waals surface area contributed by atoms with Crippen LogP contribution in [0.4, 0.5) is 5.69 Å². The van der Waals surface area contributed by atoms with E-state index in [0.29, 0.717) is 17.3 Å². The average Bonchev–Trinajstić information content (AvgIpc) is 3.62. The topological polar surface area (TPSA) is 80.5 Å². The van der Waals surface area contributed by atoms with Gasteiger partial charge in [-0.3, -0.25) is 4.79 Å². The summed E-state index contributed by atoms with van der Waals surface area (Å²) < 4.78 is 11.3. The second-order valence-corrected chi connectivity index (χ2v) is 10.8. The number of ether oxygens (including phenoxy) is 1. The minimum atomic E-state index is 0.0452. The van der Waals surface area contributed by atoms with Crippen molar-refractivity contribution in [2.24, 2.45) is 0 Å². The number of nitrogens with one attached hydrogen (secondary N) is 1. The number of anilines is 1. The van der Waals surface area contributed by atoms with Crippen molar-refractivity contribution in [3.05, 3.63) is 83.2 Å². The molecule has 1 aromatic heterocycles. The van der Waals surface area contributed by atoms with Crippen LogP contribution in [0.25, 0.3) is 22.5 Å². The number of aryl methyl sites for hydroxylation is 1. The van der Waals surface area contributed by atoms with Crippen molar-refractivity contribution < 1.29 is 14.1 Å². The fourth-order valence-electron chi connectivity index (χ4n) is 6.27. The third kappa shape index (κ3) is 3.72. The largest absolute Gasteiger partial charge is 0.492 e. The molecule has 0 saturated carbocycles. The van der Waals surface area contributed by atoms with E-state index < -0.39 is 0 Å². The lowest BCUT2D eigenvalue weighted by atomic mass is 9.74. The van der Waals surface area contributed by atoms with E-state index in [1.165, 1.54) is 11.1 Å². The second-order valence-electron chi connectivity index (χ2n) is 10.8. The maximum absolute atomic E-state index is 13.8. The fraction of sp³-hybridized carbons (Fsp3) is 0.323. The molecule has 4 heterocycles. The zero-order chi connectivity index (χ0) is 25.9. The lowest BCUT2D eigenvalue weighted by molar-refractivity contribution is 0.0981. The van der Waals surface area contributed by atoms with E-state index in [0.717, 1.165) is 67.1 Å². The fourth-order valence-corrected chi connectivity index (χ4v) is 6.27. The molecule has 192 valence electrons. The Hall–Kier alpha value is -3.97. The highest BCUT2D eigenvalue weighted by atomic mass is 16.5. The molecule has 3 aromatic carbocycles. The van der Waals surface area contributed by atoms with Crippen molar-refractivity contribution in [3.63, 3.8) is 0 Å². The van der Waals surface area contributed by atoms with Gasteiger partial charge in [-0.2, -0.15) is 4.98 Å². The van der Waals surface area contributed by atoms with Crippen LogP contribution in [0.2, 0.25) is 0 Å². The van der Waals surface area contributed by atoms with E-state index in [1.54, 1.807) is 6.92 Å². The van der Waals surface area contributed by atoms with Crippen molar-refractivity contribution in [1.29, 1.82) is 0 Å². The van der Waals surface area contributed by atoms with Crippen LogP contribution in [0.15, 0.2) is 65.2 Å². The van der Waals surface area contributed by atoms with Gasteiger partial charge in [0.15, 0.2) is 0 Å². The van der Waals surface area contributed by atoms with E-state index in [4.69, 9.17) is 9.26 Å². The Morgan fingerprint density at radius 1 is 1.00 bits per heavy atom. The molecule has 1 N–H and O–H groups in total. The Kier molecular flexibility index (Phi) is 5.37. The number of amides is 1. The lowest BCUT2D eigenvalue weighted by Crippen LogP contribution is -2.41. The highest BCUT2D eigenvalue weighted by Crippen LogP contribution is 2.49. The first-order valence-electron chi connectivity index (χ1n) is 13.4. The van der Waals surface area contributed by atoms with Gasteiger partial charge in [0, 0.05) is 40.8 Å². The molecule has 3 aliphatic rings. The molecular weight excluding hydrogens is 476 g/mol. The zero-order valence-electron chi connectivity index (χ0n) is 21.7. The van der Waals surface area contributed by atoms with Crippen LogP contribution in [0, 0.1) is 6.92 Å². The van der Waals surface area contributed by atoms with E-state index in [1.807, 2.05) is 53.4 Å². The van der Waals surface area contributed by atoms with E-state index in [2.05, 4.69) is 34.5 Å². The summed E-state index contributed by atoms with van der Waals surface area (Å²) in [5, 5.41) is 7.46. The summed E-state index contributed by atoms with van der Waals surface area (Å²) in [5.74, 6) is 2.18. The number of carbonyl (C=O) groups excluding carboxylic acids is 1. The number of hydrogen-bond acceptors (Lipinski definition) is 6. The number of benzene rings is 3. The van der Waals surface area contributed by atoms with Crippen LogP contribution in [0.5, 0.6) is 5.75 Å². The van der Waals surface area contributed by atoms with Crippen LogP contribution in [-0.2, 0) is 11.8 Å². The molecule has 1 saturated heterocycles. The van der Waals surface area contributed by atoms with Gasteiger partial charge in [0.05, 0.1) is 6.61 Å². The average molecular weight is 507 g/mol. The van der Waals surface area contributed by atoms with Crippen molar-refractivity contribution in [3.8, 4) is 28.3 Å². The van der Waals surface area contributed by atoms with Crippen molar-refractivity contribution in [2.45, 2.75) is 44.6 Å². The summed E-state index contributed by atoms with van der Waals surface area (Å²) >= 11 is 0. The van der Waals surface area contributed by atoms with Crippen molar-refractivity contribution >= 4 is 11.6 Å². The molecule has 1 spiro atoms. The molecule has 0 radical (unpaired) electrons. The Balaban J connectivity index is 1.15. The summed E-state index contributed by atoms with van der Waals surface area (Å²) in [4.78, 5) is 20.1. The maximum atomic E-state index is 13.8. The van der Waals surface area contributed by atoms with Crippen LogP contribution in [0.1, 0.15) is 47.1 Å². The maximum Gasteiger partial charge on any atom is 0.258 e. The molecule has 4 aromatic rings. The highest BCUT2D eigenvalue weighted by molar-refractivity contribution is 6.08. The minimum Gasteiger partial charge on any atom is -0.492 e. The normalized spacial score (nSPS) is 19.3. The van der Waals surface area contributed by atoms with Crippen LogP contribution < -0.4 is 15.0 Å². The predicted octanol–water partition coefficient (Wildman–Crippen LogP) is 5.32. The van der Waals surface area contributed by atoms with Crippen LogP contribution in [-0.4, -0.2) is 41.8 Å². The quantitative estimate of drug-likeness (QED) is 0.405. The molecule has 0 aliphatic carbocycles. The Labute approximate surface area is 221 Å². The monoisotopic (exact) mass is 506 g/mol. The summed E-state index contributed by atoms with van der Waals surface area (Å²) in [6.45, 7) is 6.66. The van der Waals surface area contributed by atoms with Gasteiger partial charge in [-0.15, -0.1) is 0 Å². The van der Waals surface area contributed by atoms with Crippen LogP contribution in [0.3, 0.4) is 0 Å². The third-order valence-electron chi connectivity index (χ3n) is 8.39. The third-order valence-corrected chi connectivity index (χ3v) is 8.39. The van der Waals surface area contributed by atoms with E-state index in [9.17, 15) is 4.79 Å². The number of fused-ring (bicyclic) bond motifs is 3. The molecule has 1 atom stereocenters. The predicted molar refractivity (Wildman–Crippen MR) is 146 cm³/mol. The summed E-state index contributed by atoms with van der Waals surface area (Å²) in [7, 11) is 0. The van der Waals surface area contributed by atoms with Gasteiger partial charge in [-0.1, -0.05) is 41.6 Å². The number of nitrogens with zero attached hydrogens (tertiary/aromatic N) is 3. The smallest absolute Gasteiger partial charge is 0.258 e. The molecule has 7 nitrogen and oxygen atoms in total. The van der Waals surface area contributed by atoms with Gasteiger partial charge in [0.1, 0.15) is 5.75 Å². The van der Waals surface area contributed by atoms with Gasteiger partial charge in [-0.25, -0.2) is 0 Å². The van der Waals surface area contributed by atoms with Gasteiger partial charge in [0.25, 0.3) is 5.91 Å². The number of hydrogen-bond donors (Lipinski definition) is 1. The molecule has 38 heavy (non-hydrogen) atoms. The number of rotatable bonds is 3. The molecule has 1 fully saturated rings. The molecule has 1 amide bonds. The number of aromatic nitrogens is 2. The van der Waals surface area contributed by atoms with Gasteiger partial charge in [0.2, 0.25) is 11.7 Å². The lowest BCUT2D eigenvalue weighted by Gasteiger charge is -2.33. The summed E-state index contributed by atoms with van der Waals surface area (Å²) in [5.41, 5.74) is 7.30. The summed E-state index contributed by atoms with van der Waals surface area (Å²) in [6.07, 6.45) is 2.98. The first-order chi connectivity index (χ1) is 18.5. The molecule has 0 bridgehead atoms. The summed E-state index contributed by atoms with van der Waals surface area (Å²) in [6, 6.07) is 20.5. The van der Waals surface area contributed by atoms with Gasteiger partial charge in [-0.05, 0) is 80.2 Å². The highest BCUT2D eigenvalue weighted by Gasteiger charge is 2.44. The number of carbonyl (C=O) groups is 1. The Bertz CT molecular complexity index is 1520. The molecule has 7 heteroatoms. The van der Waals surface area contributed by atoms with E-state index >= 15 is 0 Å². The Morgan fingerprint density at radius 3 is 2.37 bits per heavy atom.